The van der Waals surface area contributed by atoms with Gasteiger partial charge in [0.05, 0.1) is 11.2 Å². The van der Waals surface area contributed by atoms with Crippen molar-refractivity contribution in [2.24, 2.45) is 0 Å². The summed E-state index contributed by atoms with van der Waals surface area (Å²) in [6, 6.07) is 7.91. The molecule has 0 radical (unpaired) electrons. The minimum absolute atomic E-state index is 0.0441. The van der Waals surface area contributed by atoms with Crippen LogP contribution in [-0.4, -0.2) is 77.1 Å². The number of fused-ring (bicyclic) bond motifs is 5. The van der Waals surface area contributed by atoms with Crippen molar-refractivity contribution >= 4 is 73.2 Å². The van der Waals surface area contributed by atoms with Crippen LogP contribution < -0.4 is 20.9 Å². The third kappa shape index (κ3) is 4.86. The maximum absolute atomic E-state index is 12.7. The van der Waals surface area contributed by atoms with E-state index in [1.54, 1.807) is 0 Å². The minimum Gasteiger partial charge on any atom is -0.381 e. The van der Waals surface area contributed by atoms with Crippen LogP contribution in [-0.2, 0) is 0 Å². The van der Waals surface area contributed by atoms with E-state index in [1.165, 1.54) is 11.3 Å². The Balaban J connectivity index is 1.47. The summed E-state index contributed by atoms with van der Waals surface area (Å²) in [5, 5.41) is 11.8. The Kier molecular flexibility index (Phi) is 6.78. The first-order chi connectivity index (χ1) is 17.3. The summed E-state index contributed by atoms with van der Waals surface area (Å²) in [5.41, 5.74) is 1.67. The van der Waals surface area contributed by atoms with Crippen molar-refractivity contribution in [1.82, 2.24) is 30.2 Å². The molecule has 0 saturated heterocycles. The lowest BCUT2D eigenvalue weighted by atomic mass is 10.1. The molecule has 1 aromatic carbocycles. The molecule has 1 amide bonds. The molecular weight excluding hydrogens is 498 g/mol. The van der Waals surface area contributed by atoms with Gasteiger partial charge in [0.2, 0.25) is 17.2 Å². The summed E-state index contributed by atoms with van der Waals surface area (Å²) < 4.78 is 1.04. The molecule has 1 aliphatic heterocycles. The average Bonchev–Trinajstić information content (AvgIpc) is 3.15. The zero-order valence-electron chi connectivity index (χ0n) is 20.6. The highest BCUT2D eigenvalue weighted by Gasteiger charge is 2.24. The van der Waals surface area contributed by atoms with Crippen LogP contribution in [0.5, 0.6) is 0 Å². The SMILES string of the molecule is CCN(CCN(C)C)c1nc(Cl)nc(Nc2ccc3c(ccc4sc5c(c43)NC[C@@H](C)NC5=O)n2)n1. The second kappa shape index (κ2) is 10.00. The maximum atomic E-state index is 12.7. The number of carbonyl (C=O) groups excluding carboxylic acids is 1. The maximum Gasteiger partial charge on any atom is 0.263 e. The van der Waals surface area contributed by atoms with Crippen molar-refractivity contribution in [3.8, 4) is 0 Å². The van der Waals surface area contributed by atoms with Crippen LogP contribution in [0.3, 0.4) is 0 Å². The molecule has 3 aromatic heterocycles. The topological polar surface area (TPSA) is 111 Å². The number of hydrogen-bond acceptors (Lipinski definition) is 10. The van der Waals surface area contributed by atoms with Crippen LogP contribution in [0.25, 0.3) is 21.0 Å². The lowest BCUT2D eigenvalue weighted by Gasteiger charge is -2.23. The summed E-state index contributed by atoms with van der Waals surface area (Å²) in [5.74, 6) is 1.39. The van der Waals surface area contributed by atoms with Gasteiger partial charge in [0.1, 0.15) is 10.7 Å². The van der Waals surface area contributed by atoms with Gasteiger partial charge in [0, 0.05) is 47.7 Å². The minimum atomic E-state index is -0.0441. The number of amides is 1. The van der Waals surface area contributed by atoms with Crippen LogP contribution in [0, 0.1) is 0 Å². The molecule has 0 saturated carbocycles. The van der Waals surface area contributed by atoms with Gasteiger partial charge in [-0.05, 0) is 63.8 Å². The van der Waals surface area contributed by atoms with Gasteiger partial charge >= 0.3 is 0 Å². The third-order valence-electron chi connectivity index (χ3n) is 6.01. The molecule has 0 bridgehead atoms. The van der Waals surface area contributed by atoms with E-state index in [-0.39, 0.29) is 17.2 Å². The Morgan fingerprint density at radius 3 is 2.75 bits per heavy atom. The molecule has 4 aromatic rings. The fraction of sp³-hybridized carbons (Fsp3) is 0.375. The predicted octanol–water partition coefficient (Wildman–Crippen LogP) is 3.96. The number of aromatic nitrogens is 4. The number of rotatable bonds is 7. The van der Waals surface area contributed by atoms with Gasteiger partial charge in [-0.25, -0.2) is 4.98 Å². The Labute approximate surface area is 218 Å². The number of thiophene rings is 1. The zero-order valence-corrected chi connectivity index (χ0v) is 22.2. The monoisotopic (exact) mass is 525 g/mol. The molecule has 0 aliphatic carbocycles. The molecule has 3 N–H and O–H groups in total. The van der Waals surface area contributed by atoms with E-state index in [1.807, 2.05) is 45.3 Å². The number of hydrogen-bond donors (Lipinski definition) is 3. The number of benzene rings is 1. The lowest BCUT2D eigenvalue weighted by molar-refractivity contribution is 0.0949. The number of likely N-dealkylation sites (N-methyl/N-ethyl adjacent to an activating group) is 2. The molecule has 36 heavy (non-hydrogen) atoms. The van der Waals surface area contributed by atoms with Gasteiger partial charge in [0.25, 0.3) is 5.91 Å². The zero-order chi connectivity index (χ0) is 25.4. The quantitative estimate of drug-likeness (QED) is 0.330. The predicted molar refractivity (Wildman–Crippen MR) is 147 cm³/mol. The molecule has 0 fully saturated rings. The molecule has 1 aliphatic rings. The average molecular weight is 526 g/mol. The number of carbonyl (C=O) groups is 1. The van der Waals surface area contributed by atoms with Gasteiger partial charge < -0.3 is 25.8 Å². The Morgan fingerprint density at radius 1 is 1.14 bits per heavy atom. The van der Waals surface area contributed by atoms with E-state index in [2.05, 4.69) is 47.6 Å². The molecular formula is C24H28ClN9OS. The number of nitrogens with zero attached hydrogens (tertiary/aromatic N) is 6. The summed E-state index contributed by atoms with van der Waals surface area (Å²) in [6.07, 6.45) is 0. The third-order valence-corrected chi connectivity index (χ3v) is 7.33. The summed E-state index contributed by atoms with van der Waals surface area (Å²) >= 11 is 7.72. The highest BCUT2D eigenvalue weighted by molar-refractivity contribution is 7.21. The van der Waals surface area contributed by atoms with Crippen LogP contribution >= 0.6 is 22.9 Å². The standard InChI is InChI=1S/C24H28ClN9OS/c1-5-34(11-10-33(3)4)24-31-22(25)30-23(32-24)29-17-9-6-14-15(28-17)7-8-16-18(14)19-20(36-16)21(35)27-13(2)12-26-19/h6-9,13,26H,5,10-12H2,1-4H3,(H,27,35)(H,28,29,30,31,32)/t13-/m1/s1. The summed E-state index contributed by atoms with van der Waals surface area (Å²) in [7, 11) is 4.05. The Bertz CT molecular complexity index is 1440. The fourth-order valence-electron chi connectivity index (χ4n) is 4.17. The van der Waals surface area contributed by atoms with Crippen molar-refractivity contribution in [2.75, 3.05) is 55.8 Å². The molecule has 12 heteroatoms. The van der Waals surface area contributed by atoms with E-state index >= 15 is 0 Å². The Hall–Kier alpha value is -3.28. The van der Waals surface area contributed by atoms with E-state index in [9.17, 15) is 4.79 Å². The number of nitrogens with one attached hydrogen (secondary N) is 3. The highest BCUT2D eigenvalue weighted by atomic mass is 35.5. The number of anilines is 4. The highest BCUT2D eigenvalue weighted by Crippen LogP contribution is 2.41. The largest absolute Gasteiger partial charge is 0.381 e. The lowest BCUT2D eigenvalue weighted by Crippen LogP contribution is -2.34. The molecule has 10 nitrogen and oxygen atoms in total. The first kappa shape index (κ1) is 24.4. The van der Waals surface area contributed by atoms with Crippen LogP contribution in [0.1, 0.15) is 23.5 Å². The smallest absolute Gasteiger partial charge is 0.263 e. The van der Waals surface area contributed by atoms with Gasteiger partial charge in [-0.3, -0.25) is 4.79 Å². The van der Waals surface area contributed by atoms with Crippen molar-refractivity contribution < 1.29 is 4.79 Å². The van der Waals surface area contributed by atoms with Gasteiger partial charge in [-0.2, -0.15) is 15.0 Å². The molecule has 4 heterocycles. The van der Waals surface area contributed by atoms with E-state index in [0.29, 0.717) is 29.1 Å². The van der Waals surface area contributed by atoms with Gasteiger partial charge in [0.15, 0.2) is 0 Å². The molecule has 1 atom stereocenters. The van der Waals surface area contributed by atoms with E-state index in [4.69, 9.17) is 16.6 Å². The van der Waals surface area contributed by atoms with Crippen molar-refractivity contribution in [3.63, 3.8) is 0 Å². The molecule has 0 spiro atoms. The number of pyridine rings is 1. The number of halogens is 1. The van der Waals surface area contributed by atoms with E-state index < -0.39 is 0 Å². The first-order valence-electron chi connectivity index (χ1n) is 11.8. The van der Waals surface area contributed by atoms with Crippen LogP contribution in [0.4, 0.5) is 23.4 Å². The molecule has 0 unspecified atom stereocenters. The Morgan fingerprint density at radius 2 is 1.97 bits per heavy atom. The molecule has 5 rings (SSSR count). The molecule has 188 valence electrons. The van der Waals surface area contributed by atoms with Crippen molar-refractivity contribution in [2.45, 2.75) is 19.9 Å². The van der Waals surface area contributed by atoms with E-state index in [0.717, 1.165) is 46.3 Å². The van der Waals surface area contributed by atoms with Gasteiger partial charge in [-0.15, -0.1) is 11.3 Å². The summed E-state index contributed by atoms with van der Waals surface area (Å²) in [6.45, 7) is 7.08. The van der Waals surface area contributed by atoms with Gasteiger partial charge in [-0.1, -0.05) is 0 Å². The van der Waals surface area contributed by atoms with Crippen LogP contribution in [0.15, 0.2) is 24.3 Å². The van der Waals surface area contributed by atoms with Crippen LogP contribution in [0.2, 0.25) is 5.28 Å². The fourth-order valence-corrected chi connectivity index (χ4v) is 5.42. The summed E-state index contributed by atoms with van der Waals surface area (Å²) in [4.78, 5) is 35.5. The van der Waals surface area contributed by atoms with Crippen molar-refractivity contribution in [1.29, 1.82) is 0 Å². The normalized spacial score (nSPS) is 15.5. The second-order valence-corrected chi connectivity index (χ2v) is 10.4. The second-order valence-electron chi connectivity index (χ2n) is 9.00. The van der Waals surface area contributed by atoms with Crippen molar-refractivity contribution in [3.05, 3.63) is 34.4 Å². The first-order valence-corrected chi connectivity index (χ1v) is 13.0.